The van der Waals surface area contributed by atoms with Crippen molar-refractivity contribution >= 4 is 0 Å². The normalized spacial score (nSPS) is 20.6. The van der Waals surface area contributed by atoms with E-state index >= 15 is 0 Å². The molecule has 3 nitrogen and oxygen atoms in total. The first kappa shape index (κ1) is 13.9. The van der Waals surface area contributed by atoms with Crippen molar-refractivity contribution in [2.75, 3.05) is 26.2 Å². The summed E-state index contributed by atoms with van der Waals surface area (Å²) >= 11 is 0. The minimum atomic E-state index is -0.384. The lowest BCUT2D eigenvalue weighted by Crippen LogP contribution is -2.38. The van der Waals surface area contributed by atoms with Crippen LogP contribution in [0, 0.1) is 0 Å². The molecule has 3 rings (SSSR count). The van der Waals surface area contributed by atoms with Gasteiger partial charge in [-0.1, -0.05) is 18.6 Å². The molecule has 2 aliphatic rings. The fraction of sp³-hybridized carbons (Fsp3) is 0.647. The van der Waals surface area contributed by atoms with Gasteiger partial charge in [0, 0.05) is 6.54 Å². The van der Waals surface area contributed by atoms with Crippen LogP contribution in [0.15, 0.2) is 18.2 Å². The Hall–Kier alpha value is -1.06. The van der Waals surface area contributed by atoms with Gasteiger partial charge in [-0.05, 0) is 62.4 Å². The third kappa shape index (κ3) is 3.33. The summed E-state index contributed by atoms with van der Waals surface area (Å²) < 4.78 is 5.88. The molecular weight excluding hydrogens is 250 g/mol. The molecule has 0 bridgehead atoms. The SMILES string of the molecule is OC(COc1cccc2c1CCC2)CN1CCCCC1. The minimum absolute atomic E-state index is 0.384. The molecule has 0 radical (unpaired) electrons. The summed E-state index contributed by atoms with van der Waals surface area (Å²) in [6.45, 7) is 3.40. The van der Waals surface area contributed by atoms with E-state index in [1.807, 2.05) is 6.07 Å². The minimum Gasteiger partial charge on any atom is -0.491 e. The summed E-state index contributed by atoms with van der Waals surface area (Å²) in [6, 6.07) is 6.30. The number of nitrogens with zero attached hydrogens (tertiary/aromatic N) is 1. The Balaban J connectivity index is 1.50. The van der Waals surface area contributed by atoms with Crippen LogP contribution in [0.5, 0.6) is 5.75 Å². The van der Waals surface area contributed by atoms with E-state index < -0.39 is 0 Å². The summed E-state index contributed by atoms with van der Waals surface area (Å²) in [5.41, 5.74) is 2.78. The second kappa shape index (κ2) is 6.59. The monoisotopic (exact) mass is 275 g/mol. The van der Waals surface area contributed by atoms with Crippen molar-refractivity contribution in [1.82, 2.24) is 4.90 Å². The number of β-amino-alcohol motifs (C(OH)–C–C–N with tert-alkyl or cyclic N) is 1. The molecule has 1 saturated heterocycles. The quantitative estimate of drug-likeness (QED) is 0.895. The number of aliphatic hydroxyl groups is 1. The predicted octanol–water partition coefficient (Wildman–Crippen LogP) is 2.40. The summed E-state index contributed by atoms with van der Waals surface area (Å²) in [7, 11) is 0. The summed E-state index contributed by atoms with van der Waals surface area (Å²) in [5, 5.41) is 10.1. The molecule has 1 aromatic rings. The van der Waals surface area contributed by atoms with E-state index in [9.17, 15) is 5.11 Å². The Morgan fingerprint density at radius 1 is 1.10 bits per heavy atom. The molecule has 110 valence electrons. The topological polar surface area (TPSA) is 32.7 Å². The Kier molecular flexibility index (Phi) is 4.58. The molecule has 1 N–H and O–H groups in total. The highest BCUT2D eigenvalue weighted by molar-refractivity contribution is 5.43. The van der Waals surface area contributed by atoms with Crippen molar-refractivity contribution in [3.63, 3.8) is 0 Å². The van der Waals surface area contributed by atoms with E-state index in [-0.39, 0.29) is 6.10 Å². The van der Waals surface area contributed by atoms with Crippen molar-refractivity contribution < 1.29 is 9.84 Å². The molecule has 1 unspecified atom stereocenters. The zero-order valence-electron chi connectivity index (χ0n) is 12.2. The number of piperidine rings is 1. The number of aryl methyl sites for hydroxylation is 1. The van der Waals surface area contributed by atoms with Crippen molar-refractivity contribution in [1.29, 1.82) is 0 Å². The lowest BCUT2D eigenvalue weighted by atomic mass is 10.1. The van der Waals surface area contributed by atoms with E-state index in [1.165, 1.54) is 43.2 Å². The first-order chi connectivity index (χ1) is 9.83. The molecule has 1 aliphatic heterocycles. The van der Waals surface area contributed by atoms with Crippen molar-refractivity contribution in [3.05, 3.63) is 29.3 Å². The fourth-order valence-electron chi connectivity index (χ4n) is 3.40. The Morgan fingerprint density at radius 2 is 1.95 bits per heavy atom. The van der Waals surface area contributed by atoms with E-state index in [4.69, 9.17) is 4.74 Å². The lowest BCUT2D eigenvalue weighted by Gasteiger charge is -2.28. The lowest BCUT2D eigenvalue weighted by molar-refractivity contribution is 0.0614. The summed E-state index contributed by atoms with van der Waals surface area (Å²) in [6.07, 6.45) is 6.99. The van der Waals surface area contributed by atoms with Crippen LogP contribution in [0.1, 0.15) is 36.8 Å². The third-order valence-corrected chi connectivity index (χ3v) is 4.45. The zero-order chi connectivity index (χ0) is 13.8. The van der Waals surface area contributed by atoms with Gasteiger partial charge in [0.15, 0.2) is 0 Å². The second-order valence-electron chi connectivity index (χ2n) is 6.07. The summed E-state index contributed by atoms with van der Waals surface area (Å²) in [4.78, 5) is 2.35. The zero-order valence-corrected chi connectivity index (χ0v) is 12.2. The van der Waals surface area contributed by atoms with E-state index in [0.717, 1.165) is 31.8 Å². The van der Waals surface area contributed by atoms with Gasteiger partial charge in [-0.15, -0.1) is 0 Å². The number of rotatable bonds is 5. The van der Waals surface area contributed by atoms with Gasteiger partial charge in [-0.3, -0.25) is 0 Å². The van der Waals surface area contributed by atoms with E-state index in [0.29, 0.717) is 6.61 Å². The Morgan fingerprint density at radius 3 is 2.80 bits per heavy atom. The second-order valence-corrected chi connectivity index (χ2v) is 6.07. The highest BCUT2D eigenvalue weighted by Gasteiger charge is 2.18. The molecule has 0 saturated carbocycles. The molecule has 3 heteroatoms. The van der Waals surface area contributed by atoms with Gasteiger partial charge >= 0.3 is 0 Å². The molecule has 0 aromatic heterocycles. The molecule has 1 heterocycles. The van der Waals surface area contributed by atoms with Gasteiger partial charge in [0.1, 0.15) is 18.5 Å². The smallest absolute Gasteiger partial charge is 0.122 e. The van der Waals surface area contributed by atoms with Crippen LogP contribution in [-0.4, -0.2) is 42.4 Å². The first-order valence-corrected chi connectivity index (χ1v) is 7.97. The van der Waals surface area contributed by atoms with Crippen LogP contribution < -0.4 is 4.74 Å². The molecule has 0 spiro atoms. The van der Waals surface area contributed by atoms with Crippen LogP contribution in [0.3, 0.4) is 0 Å². The summed E-state index contributed by atoms with van der Waals surface area (Å²) in [5.74, 6) is 0.984. The van der Waals surface area contributed by atoms with Crippen molar-refractivity contribution in [2.24, 2.45) is 0 Å². The molecule has 1 atom stereocenters. The molecule has 1 aromatic carbocycles. The van der Waals surface area contributed by atoms with Gasteiger partial charge in [0.25, 0.3) is 0 Å². The van der Waals surface area contributed by atoms with E-state index in [2.05, 4.69) is 17.0 Å². The molecule has 20 heavy (non-hydrogen) atoms. The van der Waals surface area contributed by atoms with Crippen LogP contribution in [-0.2, 0) is 12.8 Å². The molecule has 1 fully saturated rings. The molecular formula is C17H25NO2. The van der Waals surface area contributed by atoms with Gasteiger partial charge in [0.2, 0.25) is 0 Å². The maximum atomic E-state index is 10.1. The number of ether oxygens (including phenoxy) is 1. The first-order valence-electron chi connectivity index (χ1n) is 7.97. The number of likely N-dealkylation sites (tertiary alicyclic amines) is 1. The van der Waals surface area contributed by atoms with Gasteiger partial charge in [-0.2, -0.15) is 0 Å². The largest absolute Gasteiger partial charge is 0.491 e. The standard InChI is InChI=1S/C17H25NO2/c19-15(12-18-10-2-1-3-11-18)13-20-17-9-5-7-14-6-4-8-16(14)17/h5,7,9,15,19H,1-4,6,8,10-13H2. The number of hydrogen-bond acceptors (Lipinski definition) is 3. The predicted molar refractivity (Wildman–Crippen MR) is 80.3 cm³/mol. The van der Waals surface area contributed by atoms with Crippen molar-refractivity contribution in [3.8, 4) is 5.75 Å². The molecule has 0 amide bonds. The van der Waals surface area contributed by atoms with E-state index in [1.54, 1.807) is 0 Å². The number of fused-ring (bicyclic) bond motifs is 1. The van der Waals surface area contributed by atoms with Gasteiger partial charge in [0.05, 0.1) is 0 Å². The number of aliphatic hydroxyl groups excluding tert-OH is 1. The average Bonchev–Trinajstić information content (AvgIpc) is 2.95. The highest BCUT2D eigenvalue weighted by atomic mass is 16.5. The Bertz CT molecular complexity index is 441. The van der Waals surface area contributed by atoms with Crippen molar-refractivity contribution in [2.45, 2.75) is 44.6 Å². The maximum absolute atomic E-state index is 10.1. The van der Waals surface area contributed by atoms with Crippen LogP contribution in [0.2, 0.25) is 0 Å². The Labute approximate surface area is 121 Å². The van der Waals surface area contributed by atoms with Crippen LogP contribution in [0.25, 0.3) is 0 Å². The number of benzene rings is 1. The van der Waals surface area contributed by atoms with Crippen LogP contribution >= 0.6 is 0 Å². The maximum Gasteiger partial charge on any atom is 0.122 e. The van der Waals surface area contributed by atoms with Crippen LogP contribution in [0.4, 0.5) is 0 Å². The average molecular weight is 275 g/mol. The highest BCUT2D eigenvalue weighted by Crippen LogP contribution is 2.30. The van der Waals surface area contributed by atoms with Gasteiger partial charge < -0.3 is 14.7 Å². The third-order valence-electron chi connectivity index (χ3n) is 4.45. The number of hydrogen-bond donors (Lipinski definition) is 1. The fourth-order valence-corrected chi connectivity index (χ4v) is 3.40. The van der Waals surface area contributed by atoms with Gasteiger partial charge in [-0.25, -0.2) is 0 Å². The molecule has 1 aliphatic carbocycles.